The minimum atomic E-state index is -0.944. The van der Waals surface area contributed by atoms with Crippen molar-refractivity contribution in [2.24, 2.45) is 0 Å². The molecule has 7 heteroatoms. The Bertz CT molecular complexity index is 1000. The second-order valence-electron chi connectivity index (χ2n) is 7.17. The molecule has 0 unspecified atom stereocenters. The Morgan fingerprint density at radius 1 is 1.07 bits per heavy atom. The zero-order valence-corrected chi connectivity index (χ0v) is 15.9. The number of aromatic nitrogens is 1. The molecule has 3 N–H and O–H groups in total. The summed E-state index contributed by atoms with van der Waals surface area (Å²) in [5.74, 6) is -0.331. The third kappa shape index (κ3) is 4.31. The van der Waals surface area contributed by atoms with Gasteiger partial charge in [-0.15, -0.1) is 0 Å². The number of carbonyl (C=O) groups excluding carboxylic acids is 2. The maximum atomic E-state index is 12.7. The average Bonchev–Trinajstić information content (AvgIpc) is 3.25. The number of nitrogens with one attached hydrogen (secondary N) is 2. The highest BCUT2D eigenvalue weighted by Crippen LogP contribution is 2.21. The van der Waals surface area contributed by atoms with E-state index in [2.05, 4.69) is 10.3 Å². The van der Waals surface area contributed by atoms with E-state index in [1.807, 2.05) is 60.8 Å². The Labute approximate surface area is 168 Å². The van der Waals surface area contributed by atoms with Gasteiger partial charge in [-0.1, -0.05) is 48.5 Å². The summed E-state index contributed by atoms with van der Waals surface area (Å²) in [5, 5.41) is 13.9. The molecule has 0 aliphatic carbocycles. The summed E-state index contributed by atoms with van der Waals surface area (Å²) in [5.41, 5.74) is 2.95. The van der Waals surface area contributed by atoms with Crippen molar-refractivity contribution >= 4 is 22.8 Å². The monoisotopic (exact) mass is 393 g/mol. The number of nitrogens with zero attached hydrogens (tertiary/aromatic N) is 1. The van der Waals surface area contributed by atoms with Gasteiger partial charge in [0.05, 0.1) is 25.9 Å². The number of benzene rings is 2. The second kappa shape index (κ2) is 8.46. The number of imide groups is 1. The van der Waals surface area contributed by atoms with Gasteiger partial charge in [0.15, 0.2) is 0 Å². The third-order valence-electron chi connectivity index (χ3n) is 5.02. The van der Waals surface area contributed by atoms with Crippen LogP contribution in [-0.4, -0.2) is 52.2 Å². The number of carbonyl (C=O) groups is 2. The van der Waals surface area contributed by atoms with E-state index in [-0.39, 0.29) is 19.1 Å². The van der Waals surface area contributed by atoms with Gasteiger partial charge in [-0.3, -0.25) is 9.69 Å². The zero-order valence-electron chi connectivity index (χ0n) is 15.9. The van der Waals surface area contributed by atoms with Crippen LogP contribution in [-0.2, 0) is 22.6 Å². The van der Waals surface area contributed by atoms with Gasteiger partial charge in [0.1, 0.15) is 6.04 Å². The van der Waals surface area contributed by atoms with E-state index in [9.17, 15) is 14.7 Å². The van der Waals surface area contributed by atoms with Gasteiger partial charge in [0, 0.05) is 23.5 Å². The van der Waals surface area contributed by atoms with Crippen molar-refractivity contribution < 1.29 is 19.4 Å². The van der Waals surface area contributed by atoms with Gasteiger partial charge >= 0.3 is 6.03 Å². The summed E-state index contributed by atoms with van der Waals surface area (Å²) in [7, 11) is 0. The molecule has 2 aromatic carbocycles. The highest BCUT2D eigenvalue weighted by atomic mass is 16.5. The Morgan fingerprint density at radius 3 is 2.66 bits per heavy atom. The minimum absolute atomic E-state index is 0.0407. The van der Waals surface area contributed by atoms with Crippen LogP contribution in [0.15, 0.2) is 60.8 Å². The standard InChI is InChI=1S/C22H23N3O4/c26-17(14-29-13-15-6-2-1-3-7-15)12-25-21(27)20(24-22(25)28)10-16-11-23-19-9-5-4-8-18(16)19/h1-9,11,17,20,23,26H,10,12-14H2,(H,24,28)/t17-,20-/m0/s1. The maximum Gasteiger partial charge on any atom is 0.324 e. The predicted octanol–water partition coefficient (Wildman–Crippen LogP) is 2.21. The number of fused-ring (bicyclic) bond motifs is 1. The van der Waals surface area contributed by atoms with Gasteiger partial charge in [-0.2, -0.15) is 0 Å². The first-order valence-corrected chi connectivity index (χ1v) is 9.58. The van der Waals surface area contributed by atoms with Crippen LogP contribution in [0.3, 0.4) is 0 Å². The van der Waals surface area contributed by atoms with Crippen molar-refractivity contribution in [2.45, 2.75) is 25.2 Å². The van der Waals surface area contributed by atoms with Crippen molar-refractivity contribution in [1.82, 2.24) is 15.2 Å². The fraction of sp³-hybridized carbons (Fsp3) is 0.273. The van der Waals surface area contributed by atoms with Crippen molar-refractivity contribution in [1.29, 1.82) is 0 Å². The number of para-hydroxylation sites is 1. The molecule has 150 valence electrons. The molecule has 7 nitrogen and oxygen atoms in total. The molecule has 2 atom stereocenters. The van der Waals surface area contributed by atoms with Gasteiger partial charge in [0.25, 0.3) is 5.91 Å². The smallest absolute Gasteiger partial charge is 0.324 e. The Kier molecular flexibility index (Phi) is 5.59. The van der Waals surface area contributed by atoms with Crippen molar-refractivity contribution in [3.05, 3.63) is 71.9 Å². The SMILES string of the molecule is O=C1N[C@@H](Cc2c[nH]c3ccccc23)C(=O)N1C[C@H](O)COCc1ccccc1. The highest BCUT2D eigenvalue weighted by Gasteiger charge is 2.39. The third-order valence-corrected chi connectivity index (χ3v) is 5.02. The van der Waals surface area contributed by atoms with Crippen LogP contribution in [0.5, 0.6) is 0 Å². The van der Waals surface area contributed by atoms with Crippen LogP contribution in [0.1, 0.15) is 11.1 Å². The lowest BCUT2D eigenvalue weighted by molar-refractivity contribution is -0.128. The summed E-state index contributed by atoms with van der Waals surface area (Å²) in [6, 6.07) is 16.3. The molecule has 0 spiro atoms. The molecule has 0 saturated carbocycles. The van der Waals surface area contributed by atoms with Crippen LogP contribution in [0.25, 0.3) is 10.9 Å². The number of amides is 3. The summed E-state index contributed by atoms with van der Waals surface area (Å²) in [6.07, 6.45) is 1.31. The van der Waals surface area contributed by atoms with Crippen molar-refractivity contribution in [2.75, 3.05) is 13.2 Å². The van der Waals surface area contributed by atoms with Crippen molar-refractivity contribution in [3.63, 3.8) is 0 Å². The van der Waals surface area contributed by atoms with Crippen LogP contribution in [0, 0.1) is 0 Å². The molecular weight excluding hydrogens is 370 g/mol. The van der Waals surface area contributed by atoms with E-state index in [4.69, 9.17) is 4.74 Å². The van der Waals surface area contributed by atoms with Gasteiger partial charge < -0.3 is 20.1 Å². The number of H-pyrrole nitrogens is 1. The highest BCUT2D eigenvalue weighted by molar-refractivity contribution is 6.04. The average molecular weight is 393 g/mol. The molecule has 3 amide bonds. The van der Waals surface area contributed by atoms with E-state index < -0.39 is 18.2 Å². The molecule has 1 fully saturated rings. The van der Waals surface area contributed by atoms with Gasteiger partial charge in [-0.05, 0) is 17.2 Å². The fourth-order valence-corrected chi connectivity index (χ4v) is 3.56. The minimum Gasteiger partial charge on any atom is -0.389 e. The van der Waals surface area contributed by atoms with Crippen LogP contribution in [0.2, 0.25) is 0 Å². The molecule has 2 heterocycles. The number of aliphatic hydroxyl groups excluding tert-OH is 1. The Hall–Kier alpha value is -3.16. The molecule has 1 saturated heterocycles. The normalized spacial score (nSPS) is 17.7. The maximum absolute atomic E-state index is 12.7. The zero-order chi connectivity index (χ0) is 20.2. The summed E-state index contributed by atoms with van der Waals surface area (Å²) in [4.78, 5) is 29.2. The molecule has 0 bridgehead atoms. The van der Waals surface area contributed by atoms with Crippen LogP contribution < -0.4 is 5.32 Å². The number of hydrogen-bond donors (Lipinski definition) is 3. The molecule has 4 rings (SSSR count). The van der Waals surface area contributed by atoms with E-state index >= 15 is 0 Å². The number of aromatic amines is 1. The molecule has 3 aromatic rings. The lowest BCUT2D eigenvalue weighted by atomic mass is 10.1. The Balaban J connectivity index is 1.32. The quantitative estimate of drug-likeness (QED) is 0.512. The number of hydrogen-bond acceptors (Lipinski definition) is 4. The number of rotatable bonds is 8. The number of aliphatic hydroxyl groups is 1. The van der Waals surface area contributed by atoms with Gasteiger partial charge in [0.2, 0.25) is 0 Å². The molecule has 29 heavy (non-hydrogen) atoms. The van der Waals surface area contributed by atoms with E-state index in [0.29, 0.717) is 13.0 Å². The topological polar surface area (TPSA) is 94.7 Å². The van der Waals surface area contributed by atoms with E-state index in [0.717, 1.165) is 26.9 Å². The first-order valence-electron chi connectivity index (χ1n) is 9.58. The second-order valence-corrected chi connectivity index (χ2v) is 7.17. The van der Waals surface area contributed by atoms with E-state index in [1.54, 1.807) is 0 Å². The largest absolute Gasteiger partial charge is 0.389 e. The molecule has 1 aliphatic heterocycles. The molecule has 1 aliphatic rings. The summed E-state index contributed by atoms with van der Waals surface area (Å²) >= 11 is 0. The van der Waals surface area contributed by atoms with Crippen LogP contribution >= 0.6 is 0 Å². The molecular formula is C22H23N3O4. The number of ether oxygens (including phenoxy) is 1. The van der Waals surface area contributed by atoms with Gasteiger partial charge in [-0.25, -0.2) is 4.79 Å². The molecule has 0 radical (unpaired) electrons. The fourth-order valence-electron chi connectivity index (χ4n) is 3.56. The first-order chi connectivity index (χ1) is 14.1. The summed E-state index contributed by atoms with van der Waals surface area (Å²) < 4.78 is 5.50. The number of urea groups is 1. The molecule has 1 aromatic heterocycles. The number of β-amino-alcohol motifs (C(OH)–C–C–N with tert-alkyl or cyclic N) is 1. The van der Waals surface area contributed by atoms with Crippen molar-refractivity contribution in [3.8, 4) is 0 Å². The lowest BCUT2D eigenvalue weighted by Gasteiger charge is -2.18. The van der Waals surface area contributed by atoms with E-state index in [1.165, 1.54) is 0 Å². The predicted molar refractivity (Wildman–Crippen MR) is 108 cm³/mol. The first kappa shape index (κ1) is 19.2. The Morgan fingerprint density at radius 2 is 1.83 bits per heavy atom. The van der Waals surface area contributed by atoms with Crippen LogP contribution in [0.4, 0.5) is 4.79 Å². The lowest BCUT2D eigenvalue weighted by Crippen LogP contribution is -2.39. The summed E-state index contributed by atoms with van der Waals surface area (Å²) in [6.45, 7) is 0.310.